The standard InChI is InChI=1S/C13H9FO.2C2H6/c14-12-8-6-11(7-9-12)13(15)10-4-2-1-3-5-10;2*1-2/h1-9H;2*1-2H3. The zero-order chi connectivity index (χ0) is 14.7. The molecule has 0 atom stereocenters. The number of carbonyl (C=O) groups excluding carboxylic acids is 1. The minimum Gasteiger partial charge on any atom is -0.289 e. The highest BCUT2D eigenvalue weighted by molar-refractivity contribution is 6.08. The monoisotopic (exact) mass is 260 g/mol. The highest BCUT2D eigenvalue weighted by Crippen LogP contribution is 2.10. The Balaban J connectivity index is 0.000000741. The first-order valence-electron chi connectivity index (χ1n) is 6.63. The lowest BCUT2D eigenvalue weighted by Gasteiger charge is -2.00. The quantitative estimate of drug-likeness (QED) is 0.686. The highest BCUT2D eigenvalue weighted by atomic mass is 19.1. The Bertz CT molecular complexity index is 460. The van der Waals surface area contributed by atoms with Gasteiger partial charge < -0.3 is 0 Å². The molecule has 0 fully saturated rings. The van der Waals surface area contributed by atoms with Gasteiger partial charge >= 0.3 is 0 Å². The van der Waals surface area contributed by atoms with Crippen molar-refractivity contribution >= 4 is 5.78 Å². The summed E-state index contributed by atoms with van der Waals surface area (Å²) in [7, 11) is 0. The Labute approximate surface area is 115 Å². The van der Waals surface area contributed by atoms with Gasteiger partial charge in [0.1, 0.15) is 5.82 Å². The Morgan fingerprint density at radius 3 is 1.63 bits per heavy atom. The first kappa shape index (κ1) is 17.0. The van der Waals surface area contributed by atoms with Crippen LogP contribution < -0.4 is 0 Å². The molecule has 0 heterocycles. The van der Waals surface area contributed by atoms with Gasteiger partial charge in [0.2, 0.25) is 0 Å². The molecule has 0 spiro atoms. The van der Waals surface area contributed by atoms with Crippen molar-refractivity contribution in [3.8, 4) is 0 Å². The van der Waals surface area contributed by atoms with Crippen molar-refractivity contribution < 1.29 is 9.18 Å². The summed E-state index contributed by atoms with van der Waals surface area (Å²) in [6, 6.07) is 14.5. The molecule has 0 aromatic heterocycles. The molecule has 0 N–H and O–H groups in total. The average Bonchev–Trinajstić information content (AvgIpc) is 2.52. The zero-order valence-corrected chi connectivity index (χ0v) is 12.0. The second kappa shape index (κ2) is 10.0. The fourth-order valence-electron chi connectivity index (χ4n) is 1.36. The predicted octanol–water partition coefficient (Wildman–Crippen LogP) is 5.11. The molecule has 0 unspecified atom stereocenters. The number of halogens is 1. The molecular weight excluding hydrogens is 239 g/mol. The van der Waals surface area contributed by atoms with Gasteiger partial charge in [-0.05, 0) is 24.3 Å². The van der Waals surface area contributed by atoms with E-state index in [1.807, 2.05) is 33.8 Å². The van der Waals surface area contributed by atoms with Crippen molar-refractivity contribution in [1.82, 2.24) is 0 Å². The van der Waals surface area contributed by atoms with Gasteiger partial charge in [-0.1, -0.05) is 58.0 Å². The third-order valence-corrected chi connectivity index (χ3v) is 2.14. The zero-order valence-electron chi connectivity index (χ0n) is 12.0. The van der Waals surface area contributed by atoms with E-state index < -0.39 is 0 Å². The molecule has 2 aromatic carbocycles. The molecule has 0 aliphatic heterocycles. The lowest BCUT2D eigenvalue weighted by atomic mass is 10.0. The highest BCUT2D eigenvalue weighted by Gasteiger charge is 2.07. The Morgan fingerprint density at radius 1 is 0.737 bits per heavy atom. The molecule has 2 heteroatoms. The summed E-state index contributed by atoms with van der Waals surface area (Å²) in [4.78, 5) is 11.8. The van der Waals surface area contributed by atoms with Crippen molar-refractivity contribution in [1.29, 1.82) is 0 Å². The number of rotatable bonds is 2. The minimum atomic E-state index is -0.334. The Kier molecular flexibility index (Phi) is 8.98. The van der Waals surface area contributed by atoms with E-state index in [2.05, 4.69) is 0 Å². The summed E-state index contributed by atoms with van der Waals surface area (Å²) >= 11 is 0. The fourth-order valence-corrected chi connectivity index (χ4v) is 1.36. The van der Waals surface area contributed by atoms with E-state index in [4.69, 9.17) is 0 Å². The van der Waals surface area contributed by atoms with Gasteiger partial charge in [0.25, 0.3) is 0 Å². The third-order valence-electron chi connectivity index (χ3n) is 2.14. The van der Waals surface area contributed by atoms with Gasteiger partial charge in [0.05, 0.1) is 0 Å². The minimum absolute atomic E-state index is 0.0874. The van der Waals surface area contributed by atoms with Gasteiger partial charge in [-0.2, -0.15) is 0 Å². The lowest BCUT2D eigenvalue weighted by Crippen LogP contribution is -2.00. The molecule has 2 rings (SSSR count). The van der Waals surface area contributed by atoms with Crippen LogP contribution in [0.4, 0.5) is 4.39 Å². The van der Waals surface area contributed by atoms with Crippen LogP contribution in [0, 0.1) is 5.82 Å². The van der Waals surface area contributed by atoms with Crippen molar-refractivity contribution in [3.63, 3.8) is 0 Å². The van der Waals surface area contributed by atoms with Crippen LogP contribution in [-0.4, -0.2) is 5.78 Å². The topological polar surface area (TPSA) is 17.1 Å². The number of ketones is 1. The maximum atomic E-state index is 12.6. The van der Waals surface area contributed by atoms with Crippen molar-refractivity contribution in [2.75, 3.05) is 0 Å². The molecule has 1 nitrogen and oxygen atoms in total. The van der Waals surface area contributed by atoms with Crippen molar-refractivity contribution in [3.05, 3.63) is 71.5 Å². The second-order valence-electron chi connectivity index (χ2n) is 3.20. The van der Waals surface area contributed by atoms with Crippen LogP contribution in [0.3, 0.4) is 0 Å². The molecule has 0 bridgehead atoms. The van der Waals surface area contributed by atoms with Crippen LogP contribution >= 0.6 is 0 Å². The Hall–Kier alpha value is -1.96. The van der Waals surface area contributed by atoms with Gasteiger partial charge in [-0.25, -0.2) is 4.39 Å². The smallest absolute Gasteiger partial charge is 0.193 e. The van der Waals surface area contributed by atoms with Gasteiger partial charge in [-0.15, -0.1) is 0 Å². The van der Waals surface area contributed by atoms with E-state index in [-0.39, 0.29) is 11.6 Å². The van der Waals surface area contributed by atoms with E-state index in [0.29, 0.717) is 11.1 Å². The molecule has 0 aliphatic carbocycles. The molecular formula is C17H21FO. The lowest BCUT2D eigenvalue weighted by molar-refractivity contribution is 0.103. The summed E-state index contributed by atoms with van der Waals surface area (Å²) in [5.74, 6) is -0.421. The van der Waals surface area contributed by atoms with Crippen LogP contribution in [0.5, 0.6) is 0 Å². The normalized spacial score (nSPS) is 8.47. The van der Waals surface area contributed by atoms with Gasteiger partial charge in [-0.3, -0.25) is 4.79 Å². The molecule has 0 aliphatic rings. The van der Waals surface area contributed by atoms with Crippen molar-refractivity contribution in [2.45, 2.75) is 27.7 Å². The van der Waals surface area contributed by atoms with E-state index in [1.165, 1.54) is 24.3 Å². The molecule has 0 radical (unpaired) electrons. The maximum absolute atomic E-state index is 12.6. The molecule has 19 heavy (non-hydrogen) atoms. The van der Waals surface area contributed by atoms with E-state index >= 15 is 0 Å². The maximum Gasteiger partial charge on any atom is 0.193 e. The van der Waals surface area contributed by atoms with E-state index in [9.17, 15) is 9.18 Å². The second-order valence-corrected chi connectivity index (χ2v) is 3.20. The molecule has 102 valence electrons. The summed E-state index contributed by atoms with van der Waals surface area (Å²) in [6.45, 7) is 8.00. The first-order chi connectivity index (χ1) is 9.27. The first-order valence-corrected chi connectivity index (χ1v) is 6.63. The number of benzene rings is 2. The van der Waals surface area contributed by atoms with Gasteiger partial charge in [0.15, 0.2) is 5.78 Å². The third kappa shape index (κ3) is 5.47. The number of hydrogen-bond acceptors (Lipinski definition) is 1. The van der Waals surface area contributed by atoms with E-state index in [1.54, 1.807) is 24.3 Å². The molecule has 0 saturated heterocycles. The Morgan fingerprint density at radius 2 is 1.16 bits per heavy atom. The van der Waals surface area contributed by atoms with Crippen LogP contribution in [0.2, 0.25) is 0 Å². The SMILES string of the molecule is CC.CC.O=C(c1ccccc1)c1ccc(F)cc1. The van der Waals surface area contributed by atoms with Gasteiger partial charge in [0, 0.05) is 11.1 Å². The number of carbonyl (C=O) groups is 1. The average molecular weight is 260 g/mol. The molecule has 0 saturated carbocycles. The van der Waals surface area contributed by atoms with Crippen molar-refractivity contribution in [2.24, 2.45) is 0 Å². The fraction of sp³-hybridized carbons (Fsp3) is 0.235. The van der Waals surface area contributed by atoms with Crippen LogP contribution in [0.1, 0.15) is 43.6 Å². The van der Waals surface area contributed by atoms with Crippen LogP contribution in [-0.2, 0) is 0 Å². The largest absolute Gasteiger partial charge is 0.289 e. The van der Waals surface area contributed by atoms with Crippen LogP contribution in [0.15, 0.2) is 54.6 Å². The van der Waals surface area contributed by atoms with E-state index in [0.717, 1.165) is 0 Å². The van der Waals surface area contributed by atoms with Crippen LogP contribution in [0.25, 0.3) is 0 Å². The summed E-state index contributed by atoms with van der Waals surface area (Å²) in [5, 5.41) is 0. The summed E-state index contributed by atoms with van der Waals surface area (Å²) < 4.78 is 12.6. The summed E-state index contributed by atoms with van der Waals surface area (Å²) in [5.41, 5.74) is 1.12. The molecule has 2 aromatic rings. The molecule has 0 amide bonds. The predicted molar refractivity (Wildman–Crippen MR) is 79.0 cm³/mol. The summed E-state index contributed by atoms with van der Waals surface area (Å²) in [6.07, 6.45) is 0. The number of hydrogen-bond donors (Lipinski definition) is 0.